The van der Waals surface area contributed by atoms with Gasteiger partial charge in [0.2, 0.25) is 0 Å². The Bertz CT molecular complexity index is 615. The molecular formula is C12H12N2O2S. The van der Waals surface area contributed by atoms with Crippen LogP contribution in [0.1, 0.15) is 16.1 Å². The molecule has 1 aliphatic rings. The Kier molecular flexibility index (Phi) is 2.57. The zero-order chi connectivity index (χ0) is 11.8. The van der Waals surface area contributed by atoms with Gasteiger partial charge in [0.15, 0.2) is 5.82 Å². The number of hydrogen-bond donors (Lipinski definition) is 1. The number of rotatable bonds is 1. The number of aryl methyl sites for hydroxylation is 1. The summed E-state index contributed by atoms with van der Waals surface area (Å²) in [6.07, 6.45) is 0.719. The molecule has 5 heteroatoms. The Morgan fingerprint density at radius 3 is 3.12 bits per heavy atom. The number of hydrogen-bond acceptors (Lipinski definition) is 4. The minimum absolute atomic E-state index is 0.0734. The average Bonchev–Trinajstić information content (AvgIpc) is 2.76. The summed E-state index contributed by atoms with van der Waals surface area (Å²) in [4.78, 5) is 21.5. The van der Waals surface area contributed by atoms with Crippen molar-refractivity contribution in [3.8, 4) is 10.7 Å². The third kappa shape index (κ3) is 1.92. The zero-order valence-electron chi connectivity index (χ0n) is 9.45. The normalized spacial score (nSPS) is 14.6. The molecule has 0 spiro atoms. The largest absolute Gasteiger partial charge is 0.376 e. The van der Waals surface area contributed by atoms with Crippen molar-refractivity contribution < 1.29 is 4.74 Å². The third-order valence-electron chi connectivity index (χ3n) is 2.80. The Morgan fingerprint density at radius 2 is 2.35 bits per heavy atom. The van der Waals surface area contributed by atoms with Crippen molar-refractivity contribution >= 4 is 11.3 Å². The molecule has 0 amide bonds. The van der Waals surface area contributed by atoms with Crippen molar-refractivity contribution in [2.24, 2.45) is 0 Å². The number of H-pyrrole nitrogens is 1. The van der Waals surface area contributed by atoms with Crippen LogP contribution in [0, 0.1) is 6.92 Å². The molecule has 4 nitrogen and oxygen atoms in total. The Balaban J connectivity index is 2.13. The van der Waals surface area contributed by atoms with Gasteiger partial charge in [-0.1, -0.05) is 0 Å². The lowest BCUT2D eigenvalue weighted by atomic mass is 10.1. The summed E-state index contributed by atoms with van der Waals surface area (Å²) >= 11 is 1.64. The molecule has 17 heavy (non-hydrogen) atoms. The van der Waals surface area contributed by atoms with Crippen molar-refractivity contribution in [1.82, 2.24) is 9.97 Å². The molecule has 2 aromatic heterocycles. The lowest BCUT2D eigenvalue weighted by Gasteiger charge is -2.14. The topological polar surface area (TPSA) is 55.0 Å². The van der Waals surface area contributed by atoms with Crippen LogP contribution in [0.2, 0.25) is 0 Å². The van der Waals surface area contributed by atoms with Crippen LogP contribution < -0.4 is 5.56 Å². The van der Waals surface area contributed by atoms with E-state index in [4.69, 9.17) is 4.74 Å². The van der Waals surface area contributed by atoms with E-state index in [0.29, 0.717) is 24.6 Å². The summed E-state index contributed by atoms with van der Waals surface area (Å²) in [5.74, 6) is 0.675. The Morgan fingerprint density at radius 1 is 1.47 bits per heavy atom. The number of aromatic nitrogens is 2. The van der Waals surface area contributed by atoms with Crippen LogP contribution in [0.25, 0.3) is 10.7 Å². The van der Waals surface area contributed by atoms with E-state index in [9.17, 15) is 4.79 Å². The molecular weight excluding hydrogens is 236 g/mol. The SMILES string of the molecule is Cc1ccc(-c2nc3c(c(=O)[nH]2)COCC3)s1. The van der Waals surface area contributed by atoms with E-state index in [2.05, 4.69) is 9.97 Å². The van der Waals surface area contributed by atoms with Gasteiger partial charge in [-0.15, -0.1) is 11.3 Å². The molecule has 1 aliphatic heterocycles. The van der Waals surface area contributed by atoms with Crippen LogP contribution in [-0.4, -0.2) is 16.6 Å². The zero-order valence-corrected chi connectivity index (χ0v) is 10.3. The van der Waals surface area contributed by atoms with Crippen LogP contribution in [0.3, 0.4) is 0 Å². The molecule has 2 aromatic rings. The number of fused-ring (bicyclic) bond motifs is 1. The van der Waals surface area contributed by atoms with E-state index in [-0.39, 0.29) is 5.56 Å². The molecule has 0 bridgehead atoms. The molecule has 0 atom stereocenters. The maximum atomic E-state index is 11.9. The first-order valence-electron chi connectivity index (χ1n) is 5.50. The van der Waals surface area contributed by atoms with Gasteiger partial charge < -0.3 is 9.72 Å². The third-order valence-corrected chi connectivity index (χ3v) is 3.81. The highest BCUT2D eigenvalue weighted by molar-refractivity contribution is 7.15. The van der Waals surface area contributed by atoms with Crippen molar-refractivity contribution in [1.29, 1.82) is 0 Å². The fraction of sp³-hybridized carbons (Fsp3) is 0.333. The number of nitrogens with one attached hydrogen (secondary N) is 1. The van der Waals surface area contributed by atoms with Crippen LogP contribution in [-0.2, 0) is 17.8 Å². The molecule has 3 rings (SSSR count). The summed E-state index contributed by atoms with van der Waals surface area (Å²) in [6.45, 7) is 3.06. The summed E-state index contributed by atoms with van der Waals surface area (Å²) in [5, 5.41) is 0. The molecule has 0 radical (unpaired) electrons. The van der Waals surface area contributed by atoms with Crippen molar-refractivity contribution in [2.45, 2.75) is 20.0 Å². The first-order valence-corrected chi connectivity index (χ1v) is 6.32. The van der Waals surface area contributed by atoms with Gasteiger partial charge in [-0.2, -0.15) is 0 Å². The van der Waals surface area contributed by atoms with Crippen LogP contribution >= 0.6 is 11.3 Å². The van der Waals surface area contributed by atoms with Gasteiger partial charge in [-0.05, 0) is 19.1 Å². The van der Waals surface area contributed by atoms with E-state index in [1.165, 1.54) is 4.88 Å². The van der Waals surface area contributed by atoms with Gasteiger partial charge >= 0.3 is 0 Å². The van der Waals surface area contributed by atoms with E-state index in [1.807, 2.05) is 19.1 Å². The minimum atomic E-state index is -0.0734. The van der Waals surface area contributed by atoms with Crippen molar-refractivity contribution in [3.63, 3.8) is 0 Å². The fourth-order valence-corrected chi connectivity index (χ4v) is 2.73. The second-order valence-electron chi connectivity index (χ2n) is 4.05. The van der Waals surface area contributed by atoms with Gasteiger partial charge in [-0.25, -0.2) is 4.98 Å². The second kappa shape index (κ2) is 4.09. The summed E-state index contributed by atoms with van der Waals surface area (Å²) in [6, 6.07) is 4.02. The molecule has 0 fully saturated rings. The molecule has 0 aromatic carbocycles. The standard InChI is InChI=1S/C12H12N2O2S/c1-7-2-3-10(17-7)11-13-9-4-5-16-6-8(9)12(15)14-11/h2-3H,4-6H2,1H3,(H,13,14,15). The Hall–Kier alpha value is -1.46. The van der Waals surface area contributed by atoms with Crippen molar-refractivity contribution in [3.05, 3.63) is 38.6 Å². The smallest absolute Gasteiger partial charge is 0.256 e. The number of thiophene rings is 1. The fourth-order valence-electron chi connectivity index (χ4n) is 1.92. The van der Waals surface area contributed by atoms with E-state index < -0.39 is 0 Å². The maximum absolute atomic E-state index is 11.9. The van der Waals surface area contributed by atoms with Gasteiger partial charge in [0.25, 0.3) is 5.56 Å². The molecule has 88 valence electrons. The molecule has 1 N–H and O–H groups in total. The highest BCUT2D eigenvalue weighted by atomic mass is 32.1. The van der Waals surface area contributed by atoms with E-state index in [1.54, 1.807) is 11.3 Å². The van der Waals surface area contributed by atoms with Crippen molar-refractivity contribution in [2.75, 3.05) is 6.61 Å². The average molecular weight is 248 g/mol. The van der Waals surface area contributed by atoms with Gasteiger partial charge in [0.05, 0.1) is 29.3 Å². The molecule has 0 unspecified atom stereocenters. The monoisotopic (exact) mass is 248 g/mol. The first kappa shape index (κ1) is 10.7. The van der Waals surface area contributed by atoms with Gasteiger partial charge in [0, 0.05) is 11.3 Å². The maximum Gasteiger partial charge on any atom is 0.256 e. The molecule has 0 saturated heterocycles. The highest BCUT2D eigenvalue weighted by Crippen LogP contribution is 2.25. The second-order valence-corrected chi connectivity index (χ2v) is 5.34. The number of nitrogens with zero attached hydrogens (tertiary/aromatic N) is 1. The Labute approximate surface area is 102 Å². The minimum Gasteiger partial charge on any atom is -0.376 e. The predicted molar refractivity (Wildman–Crippen MR) is 66.3 cm³/mol. The lowest BCUT2D eigenvalue weighted by Crippen LogP contribution is -2.24. The number of aromatic amines is 1. The first-order chi connectivity index (χ1) is 8.24. The van der Waals surface area contributed by atoms with Gasteiger partial charge in [0.1, 0.15) is 0 Å². The molecule has 0 saturated carbocycles. The van der Waals surface area contributed by atoms with E-state index in [0.717, 1.165) is 17.0 Å². The number of ether oxygens (including phenoxy) is 1. The van der Waals surface area contributed by atoms with E-state index >= 15 is 0 Å². The van der Waals surface area contributed by atoms with Gasteiger partial charge in [-0.3, -0.25) is 4.79 Å². The summed E-state index contributed by atoms with van der Waals surface area (Å²) < 4.78 is 5.27. The molecule has 0 aliphatic carbocycles. The quantitative estimate of drug-likeness (QED) is 0.838. The van der Waals surface area contributed by atoms with Crippen LogP contribution in [0.4, 0.5) is 0 Å². The van der Waals surface area contributed by atoms with Crippen LogP contribution in [0.15, 0.2) is 16.9 Å². The predicted octanol–water partition coefficient (Wildman–Crippen LogP) is 1.88. The summed E-state index contributed by atoms with van der Waals surface area (Å²) in [5.41, 5.74) is 1.48. The lowest BCUT2D eigenvalue weighted by molar-refractivity contribution is 0.108. The molecule has 3 heterocycles. The van der Waals surface area contributed by atoms with Crippen LogP contribution in [0.5, 0.6) is 0 Å². The summed E-state index contributed by atoms with van der Waals surface area (Å²) in [7, 11) is 0. The highest BCUT2D eigenvalue weighted by Gasteiger charge is 2.16.